The molecule has 1 saturated heterocycles. The minimum atomic E-state index is -0.222. The van der Waals surface area contributed by atoms with Gasteiger partial charge < -0.3 is 19.1 Å². The molecule has 0 bridgehead atoms. The van der Waals surface area contributed by atoms with Crippen LogP contribution in [0.5, 0.6) is 0 Å². The first-order chi connectivity index (χ1) is 14.3. The molecule has 0 saturated carbocycles. The second kappa shape index (κ2) is 9.65. The molecular weight excluding hydrogens is 437 g/mol. The number of hydrogen-bond acceptors (Lipinski definition) is 5. The van der Waals surface area contributed by atoms with Gasteiger partial charge in [0.2, 0.25) is 0 Å². The standard InChI is InChI=1S/C23H28ClN3O3.ClH/c1-14-11-21-17(12-18(14)24)16(3)22(30-21)23(28)25-13-19(20-6-5-15(2)29-20)27-9-7-26(4)8-10-27;/h5-6,11-12,19H,7-10,13H2,1-4H3,(H,25,28);1H. The van der Waals surface area contributed by atoms with Crippen molar-refractivity contribution in [1.29, 1.82) is 0 Å². The number of furan rings is 2. The fraction of sp³-hybridized carbons (Fsp3) is 0.435. The van der Waals surface area contributed by atoms with Gasteiger partial charge in [0.1, 0.15) is 17.1 Å². The van der Waals surface area contributed by atoms with Crippen LogP contribution < -0.4 is 5.32 Å². The van der Waals surface area contributed by atoms with Crippen LogP contribution in [0.25, 0.3) is 11.0 Å². The molecule has 1 aliphatic heterocycles. The van der Waals surface area contributed by atoms with Gasteiger partial charge in [0.25, 0.3) is 5.91 Å². The van der Waals surface area contributed by atoms with Crippen molar-refractivity contribution in [3.8, 4) is 0 Å². The number of carbonyl (C=O) groups is 1. The number of piperazine rings is 1. The van der Waals surface area contributed by atoms with Gasteiger partial charge in [0.05, 0.1) is 6.04 Å². The summed E-state index contributed by atoms with van der Waals surface area (Å²) in [5.41, 5.74) is 2.40. The van der Waals surface area contributed by atoms with Crippen LogP contribution in [0, 0.1) is 20.8 Å². The lowest BCUT2D eigenvalue weighted by Crippen LogP contribution is -2.48. The van der Waals surface area contributed by atoms with Crippen molar-refractivity contribution < 1.29 is 13.6 Å². The Labute approximate surface area is 193 Å². The number of fused-ring (bicyclic) bond motifs is 1. The molecule has 3 heterocycles. The van der Waals surface area contributed by atoms with E-state index in [0.717, 1.165) is 54.2 Å². The van der Waals surface area contributed by atoms with Crippen molar-refractivity contribution in [3.05, 3.63) is 57.7 Å². The maximum Gasteiger partial charge on any atom is 0.287 e. The van der Waals surface area contributed by atoms with Gasteiger partial charge >= 0.3 is 0 Å². The molecule has 1 aromatic carbocycles. The van der Waals surface area contributed by atoms with E-state index in [-0.39, 0.29) is 24.4 Å². The van der Waals surface area contributed by atoms with E-state index in [1.165, 1.54) is 0 Å². The van der Waals surface area contributed by atoms with Crippen molar-refractivity contribution in [3.63, 3.8) is 0 Å². The van der Waals surface area contributed by atoms with E-state index in [1.807, 2.05) is 45.0 Å². The molecule has 0 aliphatic carbocycles. The number of nitrogens with zero attached hydrogens (tertiary/aromatic N) is 2. The number of halogens is 2. The molecule has 1 unspecified atom stereocenters. The van der Waals surface area contributed by atoms with Crippen LogP contribution in [0.1, 0.15) is 39.2 Å². The first-order valence-corrected chi connectivity index (χ1v) is 10.7. The molecule has 1 aliphatic rings. The number of nitrogens with one attached hydrogen (secondary N) is 1. The van der Waals surface area contributed by atoms with Crippen LogP contribution in [-0.2, 0) is 0 Å². The highest BCUT2D eigenvalue weighted by molar-refractivity contribution is 6.32. The molecule has 4 rings (SSSR count). The average molecular weight is 466 g/mol. The van der Waals surface area contributed by atoms with Gasteiger partial charge in [-0.15, -0.1) is 12.4 Å². The van der Waals surface area contributed by atoms with Crippen molar-refractivity contribution in [2.24, 2.45) is 0 Å². The largest absolute Gasteiger partial charge is 0.465 e. The molecule has 6 nitrogen and oxygen atoms in total. The van der Waals surface area contributed by atoms with Crippen LogP contribution in [0.3, 0.4) is 0 Å². The fourth-order valence-corrected chi connectivity index (χ4v) is 4.17. The summed E-state index contributed by atoms with van der Waals surface area (Å²) in [5.74, 6) is 1.86. The topological polar surface area (TPSA) is 61.9 Å². The molecular formula is C23H29Cl2N3O3. The third kappa shape index (κ3) is 4.93. The number of hydrogen-bond donors (Lipinski definition) is 1. The van der Waals surface area contributed by atoms with E-state index in [1.54, 1.807) is 0 Å². The molecule has 1 amide bonds. The summed E-state index contributed by atoms with van der Waals surface area (Å²) in [6.07, 6.45) is 0. The fourth-order valence-electron chi connectivity index (χ4n) is 4.00. The van der Waals surface area contributed by atoms with E-state index in [0.29, 0.717) is 22.9 Å². The maximum absolute atomic E-state index is 13.0. The molecule has 1 fully saturated rings. The molecule has 0 spiro atoms. The normalized spacial score (nSPS) is 16.3. The smallest absolute Gasteiger partial charge is 0.287 e. The van der Waals surface area contributed by atoms with Crippen LogP contribution >= 0.6 is 24.0 Å². The number of likely N-dealkylation sites (N-methyl/N-ethyl adjacent to an activating group) is 1. The van der Waals surface area contributed by atoms with Gasteiger partial charge in [-0.1, -0.05) is 11.6 Å². The van der Waals surface area contributed by atoms with E-state index in [4.69, 9.17) is 20.4 Å². The van der Waals surface area contributed by atoms with Crippen molar-refractivity contribution >= 4 is 40.9 Å². The Kier molecular flexibility index (Phi) is 7.37. The van der Waals surface area contributed by atoms with Crippen LogP contribution in [0.2, 0.25) is 5.02 Å². The zero-order chi connectivity index (χ0) is 21.4. The predicted octanol–water partition coefficient (Wildman–Crippen LogP) is 4.74. The zero-order valence-electron chi connectivity index (χ0n) is 18.3. The molecule has 1 atom stereocenters. The molecule has 8 heteroatoms. The number of carbonyl (C=O) groups excluding carboxylic acids is 1. The molecule has 1 N–H and O–H groups in total. The lowest BCUT2D eigenvalue weighted by atomic mass is 10.1. The second-order valence-electron chi connectivity index (χ2n) is 8.17. The summed E-state index contributed by atoms with van der Waals surface area (Å²) >= 11 is 6.26. The lowest BCUT2D eigenvalue weighted by molar-refractivity contribution is 0.0831. The van der Waals surface area contributed by atoms with Crippen molar-refractivity contribution in [2.45, 2.75) is 26.8 Å². The summed E-state index contributed by atoms with van der Waals surface area (Å²) < 4.78 is 11.8. The van der Waals surface area contributed by atoms with E-state index >= 15 is 0 Å². The highest BCUT2D eigenvalue weighted by Crippen LogP contribution is 2.30. The van der Waals surface area contributed by atoms with Gasteiger partial charge in [-0.2, -0.15) is 0 Å². The van der Waals surface area contributed by atoms with Crippen molar-refractivity contribution in [1.82, 2.24) is 15.1 Å². The third-order valence-electron chi connectivity index (χ3n) is 5.95. The predicted molar refractivity (Wildman–Crippen MR) is 126 cm³/mol. The Hall–Kier alpha value is -1.99. The first kappa shape index (κ1) is 23.7. The van der Waals surface area contributed by atoms with E-state index < -0.39 is 0 Å². The Morgan fingerprint density at radius 3 is 2.48 bits per heavy atom. The highest BCUT2D eigenvalue weighted by atomic mass is 35.5. The quantitative estimate of drug-likeness (QED) is 0.589. The van der Waals surface area contributed by atoms with E-state index in [9.17, 15) is 4.79 Å². The van der Waals surface area contributed by atoms with Crippen molar-refractivity contribution in [2.75, 3.05) is 39.8 Å². The molecule has 168 valence electrons. The van der Waals surface area contributed by atoms with Gasteiger partial charge in [-0.3, -0.25) is 9.69 Å². The first-order valence-electron chi connectivity index (χ1n) is 10.3. The molecule has 3 aromatic rings. The number of aryl methyl sites for hydroxylation is 3. The summed E-state index contributed by atoms with van der Waals surface area (Å²) in [5, 5.41) is 4.60. The Bertz CT molecular complexity index is 1070. The highest BCUT2D eigenvalue weighted by Gasteiger charge is 2.28. The summed E-state index contributed by atoms with van der Waals surface area (Å²) in [6.45, 7) is 10.0. The Morgan fingerprint density at radius 2 is 1.84 bits per heavy atom. The van der Waals surface area contributed by atoms with Gasteiger partial charge in [-0.25, -0.2) is 0 Å². The van der Waals surface area contributed by atoms with Gasteiger partial charge in [0, 0.05) is 48.7 Å². The van der Waals surface area contributed by atoms with E-state index in [2.05, 4.69) is 22.2 Å². The maximum atomic E-state index is 13.0. The Balaban J connectivity index is 0.00000272. The number of amides is 1. The summed E-state index contributed by atoms with van der Waals surface area (Å²) in [6, 6.07) is 7.69. The lowest BCUT2D eigenvalue weighted by Gasteiger charge is -2.37. The number of rotatable bonds is 5. The van der Waals surface area contributed by atoms with Gasteiger partial charge in [-0.05, 0) is 57.6 Å². The van der Waals surface area contributed by atoms with Crippen LogP contribution in [0.15, 0.2) is 33.1 Å². The van der Waals surface area contributed by atoms with Crippen LogP contribution in [-0.4, -0.2) is 55.5 Å². The summed E-state index contributed by atoms with van der Waals surface area (Å²) in [4.78, 5) is 17.7. The van der Waals surface area contributed by atoms with Crippen LogP contribution in [0.4, 0.5) is 0 Å². The average Bonchev–Trinajstić information content (AvgIpc) is 3.27. The molecule has 0 radical (unpaired) electrons. The minimum absolute atomic E-state index is 0. The summed E-state index contributed by atoms with van der Waals surface area (Å²) in [7, 11) is 2.13. The molecule has 31 heavy (non-hydrogen) atoms. The Morgan fingerprint density at radius 1 is 1.13 bits per heavy atom. The number of benzene rings is 1. The second-order valence-corrected chi connectivity index (χ2v) is 8.57. The monoisotopic (exact) mass is 465 g/mol. The molecule has 2 aromatic heterocycles. The SMILES string of the molecule is Cc1ccc(C(CNC(=O)c2oc3cc(C)c(Cl)cc3c2C)N2CCN(C)CC2)o1.Cl. The van der Waals surface area contributed by atoms with Gasteiger partial charge in [0.15, 0.2) is 5.76 Å². The third-order valence-corrected chi connectivity index (χ3v) is 6.36. The minimum Gasteiger partial charge on any atom is -0.465 e. The zero-order valence-corrected chi connectivity index (χ0v) is 19.9.